The predicted molar refractivity (Wildman–Crippen MR) is 68.1 cm³/mol. The Bertz CT molecular complexity index is 556. The zero-order chi connectivity index (χ0) is 12.2. The van der Waals surface area contributed by atoms with Crippen molar-refractivity contribution in [2.45, 2.75) is 6.67 Å². The first-order valence-electron chi connectivity index (χ1n) is 5.76. The first kappa shape index (κ1) is 10.7. The third-order valence-electron chi connectivity index (χ3n) is 2.79. The molecule has 0 fully saturated rings. The van der Waals surface area contributed by atoms with Gasteiger partial charge in [0, 0.05) is 25.1 Å². The zero-order valence-corrected chi connectivity index (χ0v) is 9.85. The van der Waals surface area contributed by atoms with Gasteiger partial charge in [-0.25, -0.2) is 9.67 Å². The van der Waals surface area contributed by atoms with Gasteiger partial charge in [0.05, 0.1) is 0 Å². The molecule has 0 N–H and O–H groups in total. The van der Waals surface area contributed by atoms with E-state index in [1.165, 1.54) is 5.57 Å². The molecule has 0 unspecified atom stereocenters. The second-order valence-corrected chi connectivity index (χ2v) is 4.10. The molecular formula is C13H13N5. The highest BCUT2D eigenvalue weighted by Gasteiger charge is 2.09. The van der Waals surface area contributed by atoms with E-state index < -0.39 is 0 Å². The Balaban J connectivity index is 1.73. The van der Waals surface area contributed by atoms with Gasteiger partial charge in [-0.15, -0.1) is 0 Å². The van der Waals surface area contributed by atoms with Crippen molar-refractivity contribution < 1.29 is 0 Å². The summed E-state index contributed by atoms with van der Waals surface area (Å²) in [5.74, 6) is 0. The standard InChI is InChI=1S/C13H13N5/c1-3-12(7-14-5-1)13-4-2-6-17(8-13)11-18-10-15-9-16-18/h1-7,9-10H,8,11H2. The molecule has 0 saturated heterocycles. The summed E-state index contributed by atoms with van der Waals surface area (Å²) in [5.41, 5.74) is 2.41. The summed E-state index contributed by atoms with van der Waals surface area (Å²) < 4.78 is 1.80. The van der Waals surface area contributed by atoms with Gasteiger partial charge in [-0.2, -0.15) is 5.10 Å². The van der Waals surface area contributed by atoms with Crippen molar-refractivity contribution >= 4 is 5.57 Å². The first-order chi connectivity index (χ1) is 8.92. The lowest BCUT2D eigenvalue weighted by Gasteiger charge is -2.24. The van der Waals surface area contributed by atoms with Crippen molar-refractivity contribution in [2.75, 3.05) is 6.54 Å². The molecule has 0 aliphatic carbocycles. The van der Waals surface area contributed by atoms with Gasteiger partial charge in [-0.3, -0.25) is 4.98 Å². The lowest BCUT2D eigenvalue weighted by atomic mass is 10.1. The van der Waals surface area contributed by atoms with Gasteiger partial charge in [0.2, 0.25) is 0 Å². The molecule has 2 aromatic rings. The van der Waals surface area contributed by atoms with Gasteiger partial charge in [0.15, 0.2) is 0 Å². The topological polar surface area (TPSA) is 46.8 Å². The van der Waals surface area contributed by atoms with Gasteiger partial charge in [0.1, 0.15) is 19.3 Å². The largest absolute Gasteiger partial charge is 0.354 e. The minimum Gasteiger partial charge on any atom is -0.354 e. The highest BCUT2D eigenvalue weighted by molar-refractivity contribution is 5.68. The fourth-order valence-electron chi connectivity index (χ4n) is 1.93. The van der Waals surface area contributed by atoms with E-state index in [9.17, 15) is 0 Å². The lowest BCUT2D eigenvalue weighted by molar-refractivity contribution is 0.315. The summed E-state index contributed by atoms with van der Waals surface area (Å²) in [7, 11) is 0. The van der Waals surface area contributed by atoms with Gasteiger partial charge < -0.3 is 4.90 Å². The van der Waals surface area contributed by atoms with E-state index in [1.807, 2.05) is 18.3 Å². The van der Waals surface area contributed by atoms with Crippen molar-refractivity contribution in [1.29, 1.82) is 0 Å². The molecule has 0 aromatic carbocycles. The normalized spacial score (nSPS) is 14.7. The monoisotopic (exact) mass is 239 g/mol. The van der Waals surface area contributed by atoms with Crippen molar-refractivity contribution in [3.05, 3.63) is 61.1 Å². The molecule has 1 aliphatic heterocycles. The van der Waals surface area contributed by atoms with Gasteiger partial charge in [0.25, 0.3) is 0 Å². The number of pyridine rings is 1. The van der Waals surface area contributed by atoms with Crippen LogP contribution >= 0.6 is 0 Å². The molecule has 0 saturated carbocycles. The number of nitrogens with zero attached hydrogens (tertiary/aromatic N) is 5. The van der Waals surface area contributed by atoms with Crippen molar-refractivity contribution in [3.63, 3.8) is 0 Å². The molecule has 90 valence electrons. The fraction of sp³-hybridized carbons (Fsp3) is 0.154. The molecule has 18 heavy (non-hydrogen) atoms. The Morgan fingerprint density at radius 2 is 2.28 bits per heavy atom. The Morgan fingerprint density at radius 3 is 3.06 bits per heavy atom. The molecule has 0 bridgehead atoms. The number of aromatic nitrogens is 4. The Labute approximate surface area is 105 Å². The van der Waals surface area contributed by atoms with E-state index in [0.717, 1.165) is 12.1 Å². The molecule has 0 spiro atoms. The van der Waals surface area contributed by atoms with Crippen LogP contribution in [0, 0.1) is 0 Å². The maximum Gasteiger partial charge on any atom is 0.137 e. The van der Waals surface area contributed by atoms with Crippen LogP contribution in [0.3, 0.4) is 0 Å². The van der Waals surface area contributed by atoms with Crippen molar-refractivity contribution in [3.8, 4) is 0 Å². The number of rotatable bonds is 3. The van der Waals surface area contributed by atoms with Crippen LogP contribution in [-0.4, -0.2) is 31.2 Å². The van der Waals surface area contributed by atoms with Crippen molar-refractivity contribution in [2.24, 2.45) is 0 Å². The second-order valence-electron chi connectivity index (χ2n) is 4.10. The molecule has 0 radical (unpaired) electrons. The van der Waals surface area contributed by atoms with Gasteiger partial charge in [-0.1, -0.05) is 12.1 Å². The Morgan fingerprint density at radius 1 is 1.28 bits per heavy atom. The Kier molecular flexibility index (Phi) is 2.87. The zero-order valence-electron chi connectivity index (χ0n) is 9.85. The van der Waals surface area contributed by atoms with E-state index in [1.54, 1.807) is 23.5 Å². The number of allylic oxidation sites excluding steroid dienone is 2. The molecule has 2 aromatic heterocycles. The van der Waals surface area contributed by atoms with Crippen LogP contribution in [0.4, 0.5) is 0 Å². The summed E-state index contributed by atoms with van der Waals surface area (Å²) in [6.07, 6.45) is 13.2. The summed E-state index contributed by atoms with van der Waals surface area (Å²) in [5, 5.41) is 4.11. The van der Waals surface area contributed by atoms with E-state index >= 15 is 0 Å². The van der Waals surface area contributed by atoms with Crippen LogP contribution in [0.15, 0.2) is 55.5 Å². The van der Waals surface area contributed by atoms with E-state index in [0.29, 0.717) is 6.67 Å². The van der Waals surface area contributed by atoms with Crippen LogP contribution in [-0.2, 0) is 6.67 Å². The smallest absolute Gasteiger partial charge is 0.137 e. The van der Waals surface area contributed by atoms with Crippen LogP contribution in [0.25, 0.3) is 5.57 Å². The Hall–Kier alpha value is -2.43. The van der Waals surface area contributed by atoms with Crippen molar-refractivity contribution in [1.82, 2.24) is 24.6 Å². The van der Waals surface area contributed by atoms with Crippen LogP contribution in [0.2, 0.25) is 0 Å². The van der Waals surface area contributed by atoms with E-state index in [4.69, 9.17) is 0 Å². The van der Waals surface area contributed by atoms with E-state index in [2.05, 4.69) is 38.3 Å². The highest BCUT2D eigenvalue weighted by atomic mass is 15.4. The van der Waals surface area contributed by atoms with Gasteiger partial charge in [-0.05, 0) is 23.3 Å². The SMILES string of the molecule is C1=CN(Cn2cncn2)CC(c2cccnc2)=C1. The number of hydrogen-bond donors (Lipinski definition) is 0. The lowest BCUT2D eigenvalue weighted by Crippen LogP contribution is -2.24. The molecule has 3 rings (SSSR count). The quantitative estimate of drug-likeness (QED) is 0.815. The molecule has 5 nitrogen and oxygen atoms in total. The van der Waals surface area contributed by atoms with Crippen LogP contribution < -0.4 is 0 Å². The fourth-order valence-corrected chi connectivity index (χ4v) is 1.93. The summed E-state index contributed by atoms with van der Waals surface area (Å²) in [4.78, 5) is 10.3. The summed E-state index contributed by atoms with van der Waals surface area (Å²) >= 11 is 0. The van der Waals surface area contributed by atoms with Crippen LogP contribution in [0.1, 0.15) is 5.56 Å². The molecule has 5 heteroatoms. The first-order valence-corrected chi connectivity index (χ1v) is 5.76. The maximum absolute atomic E-state index is 4.15. The molecule has 0 atom stereocenters. The second kappa shape index (κ2) is 4.83. The average molecular weight is 239 g/mol. The predicted octanol–water partition coefficient (Wildman–Crippen LogP) is 1.54. The molecule has 0 amide bonds. The average Bonchev–Trinajstić information content (AvgIpc) is 2.93. The number of hydrogen-bond acceptors (Lipinski definition) is 4. The minimum atomic E-state index is 0.702. The third kappa shape index (κ3) is 2.29. The van der Waals surface area contributed by atoms with Crippen LogP contribution in [0.5, 0.6) is 0 Å². The van der Waals surface area contributed by atoms with Gasteiger partial charge >= 0.3 is 0 Å². The van der Waals surface area contributed by atoms with E-state index in [-0.39, 0.29) is 0 Å². The highest BCUT2D eigenvalue weighted by Crippen LogP contribution is 2.18. The third-order valence-corrected chi connectivity index (χ3v) is 2.79. The summed E-state index contributed by atoms with van der Waals surface area (Å²) in [6, 6.07) is 4.03. The molecule has 1 aliphatic rings. The minimum absolute atomic E-state index is 0.702. The molecule has 3 heterocycles. The maximum atomic E-state index is 4.15. The molecular weight excluding hydrogens is 226 g/mol. The summed E-state index contributed by atoms with van der Waals surface area (Å²) in [6.45, 7) is 1.55.